The van der Waals surface area contributed by atoms with Crippen LogP contribution in [0.1, 0.15) is 52.4 Å². The molecule has 1 aliphatic heterocycles. The second-order valence-corrected chi connectivity index (χ2v) is 4.32. The first kappa shape index (κ1) is 20.2. The lowest BCUT2D eigenvalue weighted by Gasteiger charge is -2.18. The molecule has 4 nitrogen and oxygen atoms in total. The van der Waals surface area contributed by atoms with Gasteiger partial charge in [-0.15, -0.1) is 0 Å². The predicted molar refractivity (Wildman–Crippen MR) is 78.8 cm³/mol. The van der Waals surface area contributed by atoms with Crippen molar-refractivity contribution in [3.05, 3.63) is 0 Å². The molecule has 1 atom stereocenters. The molecule has 1 rings (SSSR count). The molecule has 1 heterocycles. The van der Waals surface area contributed by atoms with Crippen LogP contribution in [0.5, 0.6) is 0 Å². The Labute approximate surface area is 114 Å². The van der Waals surface area contributed by atoms with Crippen molar-refractivity contribution in [3.8, 4) is 0 Å². The van der Waals surface area contributed by atoms with Crippen molar-refractivity contribution >= 4 is 0 Å². The highest BCUT2D eigenvalue weighted by atomic mass is 16.5. The van der Waals surface area contributed by atoms with Crippen LogP contribution in [0.4, 0.5) is 0 Å². The highest BCUT2D eigenvalue weighted by Crippen LogP contribution is 2.10. The summed E-state index contributed by atoms with van der Waals surface area (Å²) < 4.78 is 10.7. The fourth-order valence-electron chi connectivity index (χ4n) is 2.00. The third-order valence-corrected chi connectivity index (χ3v) is 2.93. The molecule has 0 aliphatic carbocycles. The van der Waals surface area contributed by atoms with Crippen molar-refractivity contribution in [3.63, 3.8) is 0 Å². The maximum atomic E-state index is 5.52. The van der Waals surface area contributed by atoms with Gasteiger partial charge in [0, 0.05) is 19.8 Å². The van der Waals surface area contributed by atoms with E-state index in [-0.39, 0.29) is 7.43 Å². The third-order valence-electron chi connectivity index (χ3n) is 2.93. The van der Waals surface area contributed by atoms with Crippen molar-refractivity contribution in [2.45, 2.75) is 58.4 Å². The molecule has 0 aromatic rings. The van der Waals surface area contributed by atoms with Crippen molar-refractivity contribution < 1.29 is 9.47 Å². The Morgan fingerprint density at radius 2 is 1.72 bits per heavy atom. The Hall–Kier alpha value is -0.160. The van der Waals surface area contributed by atoms with E-state index in [0.29, 0.717) is 12.8 Å². The molecular weight excluding hydrogens is 228 g/mol. The smallest absolute Gasteiger partial charge is 0.0968 e. The summed E-state index contributed by atoms with van der Waals surface area (Å²) in [6, 6.07) is 0.467. The SMILES string of the molecule is C.CN.COCC1CCCCCCCCOCN1. The summed E-state index contributed by atoms with van der Waals surface area (Å²) in [5.74, 6) is 0. The van der Waals surface area contributed by atoms with Crippen LogP contribution < -0.4 is 11.1 Å². The Morgan fingerprint density at radius 3 is 2.39 bits per heavy atom. The van der Waals surface area contributed by atoms with Gasteiger partial charge in [-0.1, -0.05) is 39.5 Å². The number of hydrogen-bond acceptors (Lipinski definition) is 4. The fraction of sp³-hybridized carbons (Fsp3) is 1.00. The Morgan fingerprint density at radius 1 is 1.11 bits per heavy atom. The van der Waals surface area contributed by atoms with Crippen LogP contribution in [0.15, 0.2) is 0 Å². The van der Waals surface area contributed by atoms with Crippen LogP contribution in [-0.2, 0) is 9.47 Å². The molecule has 1 aliphatic rings. The predicted octanol–water partition coefficient (Wildman–Crippen LogP) is 2.52. The normalized spacial score (nSPS) is 22.5. The first-order valence-corrected chi connectivity index (χ1v) is 6.81. The zero-order chi connectivity index (χ0) is 12.8. The highest BCUT2D eigenvalue weighted by Gasteiger charge is 2.07. The molecule has 0 radical (unpaired) electrons. The zero-order valence-electron chi connectivity index (χ0n) is 11.5. The van der Waals surface area contributed by atoms with E-state index in [1.807, 2.05) is 0 Å². The van der Waals surface area contributed by atoms with Crippen LogP contribution in [0, 0.1) is 0 Å². The summed E-state index contributed by atoms with van der Waals surface area (Å²) in [7, 11) is 3.26. The number of hydrogen-bond donors (Lipinski definition) is 2. The molecule has 1 unspecified atom stereocenters. The lowest BCUT2D eigenvalue weighted by Crippen LogP contribution is -2.35. The zero-order valence-corrected chi connectivity index (χ0v) is 11.5. The van der Waals surface area contributed by atoms with Crippen LogP contribution in [0.25, 0.3) is 0 Å². The first-order valence-electron chi connectivity index (χ1n) is 6.81. The number of rotatable bonds is 2. The van der Waals surface area contributed by atoms with E-state index in [1.54, 1.807) is 7.11 Å². The van der Waals surface area contributed by atoms with Crippen LogP contribution >= 0.6 is 0 Å². The van der Waals surface area contributed by atoms with E-state index in [2.05, 4.69) is 11.1 Å². The monoisotopic (exact) mass is 262 g/mol. The van der Waals surface area contributed by atoms with Crippen LogP contribution in [-0.4, -0.2) is 40.1 Å². The lowest BCUT2D eigenvalue weighted by atomic mass is 10.1. The van der Waals surface area contributed by atoms with Crippen LogP contribution in [0.3, 0.4) is 0 Å². The van der Waals surface area contributed by atoms with Gasteiger partial charge in [0.25, 0.3) is 0 Å². The lowest BCUT2D eigenvalue weighted by molar-refractivity contribution is 0.0827. The van der Waals surface area contributed by atoms with Crippen molar-refractivity contribution in [2.24, 2.45) is 5.73 Å². The summed E-state index contributed by atoms with van der Waals surface area (Å²) in [4.78, 5) is 0. The number of nitrogens with two attached hydrogens (primary N) is 1. The van der Waals surface area contributed by atoms with E-state index >= 15 is 0 Å². The first-order chi connectivity index (χ1) is 8.43. The average molecular weight is 262 g/mol. The largest absolute Gasteiger partial charge is 0.383 e. The van der Waals surface area contributed by atoms with Gasteiger partial charge >= 0.3 is 0 Å². The molecule has 1 saturated heterocycles. The molecule has 112 valence electrons. The second-order valence-electron chi connectivity index (χ2n) is 4.32. The van der Waals surface area contributed by atoms with E-state index in [1.165, 1.54) is 52.0 Å². The van der Waals surface area contributed by atoms with E-state index < -0.39 is 0 Å². The minimum Gasteiger partial charge on any atom is -0.383 e. The highest BCUT2D eigenvalue weighted by molar-refractivity contribution is 4.64. The molecule has 0 bridgehead atoms. The minimum atomic E-state index is 0. The summed E-state index contributed by atoms with van der Waals surface area (Å²) in [6.07, 6.45) is 9.14. The quantitative estimate of drug-likeness (QED) is 0.803. The van der Waals surface area contributed by atoms with Gasteiger partial charge in [0.15, 0.2) is 0 Å². The third kappa shape index (κ3) is 12.3. The van der Waals surface area contributed by atoms with Gasteiger partial charge in [-0.05, 0) is 19.9 Å². The molecule has 0 spiro atoms. The van der Waals surface area contributed by atoms with Gasteiger partial charge in [0.05, 0.1) is 13.3 Å². The minimum absolute atomic E-state index is 0. The number of methoxy groups -OCH3 is 1. The van der Waals surface area contributed by atoms with Crippen molar-refractivity contribution in [2.75, 3.05) is 34.1 Å². The van der Waals surface area contributed by atoms with Gasteiger partial charge in [0.1, 0.15) is 0 Å². The maximum Gasteiger partial charge on any atom is 0.0968 e. The topological polar surface area (TPSA) is 56.5 Å². The van der Waals surface area contributed by atoms with E-state index in [9.17, 15) is 0 Å². The average Bonchev–Trinajstić information content (AvgIpc) is 2.35. The number of ether oxygens (including phenoxy) is 2. The van der Waals surface area contributed by atoms with Gasteiger partial charge in [-0.25, -0.2) is 0 Å². The molecule has 0 amide bonds. The molecule has 0 aromatic carbocycles. The molecule has 3 N–H and O–H groups in total. The van der Waals surface area contributed by atoms with Gasteiger partial charge < -0.3 is 15.2 Å². The molecule has 4 heteroatoms. The summed E-state index contributed by atoms with van der Waals surface area (Å²) in [5, 5.41) is 3.39. The second kappa shape index (κ2) is 16.8. The fourth-order valence-corrected chi connectivity index (χ4v) is 2.00. The Balaban J connectivity index is 0. The Bertz CT molecular complexity index is 134. The van der Waals surface area contributed by atoms with Crippen molar-refractivity contribution in [1.82, 2.24) is 5.32 Å². The number of nitrogens with one attached hydrogen (secondary N) is 1. The summed E-state index contributed by atoms with van der Waals surface area (Å²) in [6.45, 7) is 2.37. The van der Waals surface area contributed by atoms with Gasteiger partial charge in [-0.3, -0.25) is 5.32 Å². The van der Waals surface area contributed by atoms with E-state index in [0.717, 1.165) is 13.2 Å². The summed E-state index contributed by atoms with van der Waals surface area (Å²) >= 11 is 0. The molecule has 1 fully saturated rings. The van der Waals surface area contributed by atoms with Gasteiger partial charge in [-0.2, -0.15) is 0 Å². The van der Waals surface area contributed by atoms with Crippen LogP contribution in [0.2, 0.25) is 0 Å². The van der Waals surface area contributed by atoms with Gasteiger partial charge in [0.2, 0.25) is 0 Å². The molecule has 18 heavy (non-hydrogen) atoms. The standard InChI is InChI=1S/C12H25NO2.CH5N.CH4/c1-14-10-12-8-6-4-2-3-5-7-9-15-11-13-12;1-2;/h12-13H,2-11H2,1H3;2H2,1H3;1H4. The Kier molecular flexibility index (Phi) is 18.9. The molecule has 0 saturated carbocycles. The summed E-state index contributed by atoms with van der Waals surface area (Å²) in [5.41, 5.74) is 4.50. The molecular formula is C14H34N2O2. The molecule has 0 aromatic heterocycles. The van der Waals surface area contributed by atoms with E-state index in [4.69, 9.17) is 9.47 Å². The van der Waals surface area contributed by atoms with Crippen molar-refractivity contribution in [1.29, 1.82) is 0 Å². The maximum absolute atomic E-state index is 5.52.